The SMILES string of the molecule is O=CCCCC(=O)Oc1ccc(C(=O)O)cc1. The lowest BCUT2D eigenvalue weighted by atomic mass is 10.2. The van der Waals surface area contributed by atoms with Crippen LogP contribution in [0.4, 0.5) is 0 Å². The summed E-state index contributed by atoms with van der Waals surface area (Å²) in [4.78, 5) is 31.9. The molecule has 0 atom stereocenters. The zero-order valence-electron chi connectivity index (χ0n) is 9.09. The quantitative estimate of drug-likeness (QED) is 0.351. The number of aldehydes is 1. The molecular weight excluding hydrogens is 224 g/mol. The summed E-state index contributed by atoms with van der Waals surface area (Å²) in [5.41, 5.74) is 0.130. The van der Waals surface area contributed by atoms with Gasteiger partial charge in [-0.25, -0.2) is 4.79 Å². The first-order valence-electron chi connectivity index (χ1n) is 5.11. The molecule has 17 heavy (non-hydrogen) atoms. The van der Waals surface area contributed by atoms with E-state index in [0.29, 0.717) is 18.6 Å². The smallest absolute Gasteiger partial charge is 0.335 e. The Morgan fingerprint density at radius 1 is 1.24 bits per heavy atom. The minimum Gasteiger partial charge on any atom is -0.478 e. The van der Waals surface area contributed by atoms with Gasteiger partial charge < -0.3 is 14.6 Å². The van der Waals surface area contributed by atoms with E-state index in [-0.39, 0.29) is 12.0 Å². The van der Waals surface area contributed by atoms with Gasteiger partial charge in [0, 0.05) is 12.8 Å². The summed E-state index contributed by atoms with van der Waals surface area (Å²) in [6.07, 6.45) is 1.69. The van der Waals surface area contributed by atoms with Crippen molar-refractivity contribution in [3.8, 4) is 5.75 Å². The molecule has 0 spiro atoms. The molecule has 5 heteroatoms. The molecule has 1 N–H and O–H groups in total. The van der Waals surface area contributed by atoms with Gasteiger partial charge in [0.2, 0.25) is 0 Å². The first-order chi connectivity index (χ1) is 8.13. The van der Waals surface area contributed by atoms with Crippen LogP contribution in [0.1, 0.15) is 29.6 Å². The van der Waals surface area contributed by atoms with Gasteiger partial charge in [-0.15, -0.1) is 0 Å². The molecule has 0 heterocycles. The normalized spacial score (nSPS) is 9.65. The molecular formula is C12H12O5. The van der Waals surface area contributed by atoms with Crippen molar-refractivity contribution < 1.29 is 24.2 Å². The summed E-state index contributed by atoms with van der Waals surface area (Å²) in [5.74, 6) is -1.17. The number of carboxylic acid groups (broad SMARTS) is 1. The van der Waals surface area contributed by atoms with Crippen LogP contribution in [0.2, 0.25) is 0 Å². The zero-order valence-corrected chi connectivity index (χ0v) is 9.09. The number of carbonyl (C=O) groups is 3. The van der Waals surface area contributed by atoms with Crippen LogP contribution in [0.3, 0.4) is 0 Å². The highest BCUT2D eigenvalue weighted by Crippen LogP contribution is 2.13. The number of unbranched alkanes of at least 4 members (excludes halogenated alkanes) is 1. The Morgan fingerprint density at radius 2 is 1.88 bits per heavy atom. The zero-order chi connectivity index (χ0) is 12.7. The molecule has 90 valence electrons. The van der Waals surface area contributed by atoms with Crippen molar-refractivity contribution in [2.75, 3.05) is 0 Å². The molecule has 0 amide bonds. The summed E-state index contributed by atoms with van der Waals surface area (Å²) >= 11 is 0. The van der Waals surface area contributed by atoms with Crippen molar-refractivity contribution >= 4 is 18.2 Å². The molecule has 0 aliphatic heterocycles. The maximum atomic E-state index is 11.3. The number of hydrogen-bond acceptors (Lipinski definition) is 4. The molecule has 5 nitrogen and oxygen atoms in total. The Kier molecular flexibility index (Phi) is 4.87. The fraction of sp³-hybridized carbons (Fsp3) is 0.250. The molecule has 0 aromatic heterocycles. The van der Waals surface area contributed by atoms with Crippen LogP contribution in [-0.4, -0.2) is 23.3 Å². The predicted octanol–water partition coefficient (Wildman–Crippen LogP) is 1.66. The highest BCUT2D eigenvalue weighted by molar-refractivity contribution is 5.87. The van der Waals surface area contributed by atoms with E-state index >= 15 is 0 Å². The third-order valence-electron chi connectivity index (χ3n) is 2.04. The number of carbonyl (C=O) groups excluding carboxylic acids is 2. The first kappa shape index (κ1) is 12.9. The fourth-order valence-corrected chi connectivity index (χ4v) is 1.18. The highest BCUT2D eigenvalue weighted by Gasteiger charge is 2.06. The van der Waals surface area contributed by atoms with Crippen LogP contribution in [0.25, 0.3) is 0 Å². The van der Waals surface area contributed by atoms with E-state index in [1.165, 1.54) is 24.3 Å². The van der Waals surface area contributed by atoms with E-state index in [0.717, 1.165) is 6.29 Å². The van der Waals surface area contributed by atoms with Gasteiger partial charge in [0.1, 0.15) is 12.0 Å². The number of carboxylic acids is 1. The Balaban J connectivity index is 2.48. The molecule has 0 unspecified atom stereocenters. The topological polar surface area (TPSA) is 80.7 Å². The number of benzene rings is 1. The third-order valence-corrected chi connectivity index (χ3v) is 2.04. The number of hydrogen-bond donors (Lipinski definition) is 1. The summed E-state index contributed by atoms with van der Waals surface area (Å²) in [6.45, 7) is 0. The van der Waals surface area contributed by atoms with E-state index in [2.05, 4.69) is 0 Å². The maximum absolute atomic E-state index is 11.3. The molecule has 1 aromatic rings. The standard InChI is InChI=1S/C12H12O5/c13-8-2-1-3-11(14)17-10-6-4-9(5-7-10)12(15)16/h4-8H,1-3H2,(H,15,16). The summed E-state index contributed by atoms with van der Waals surface area (Å²) in [7, 11) is 0. The van der Waals surface area contributed by atoms with E-state index < -0.39 is 11.9 Å². The van der Waals surface area contributed by atoms with Crippen molar-refractivity contribution in [3.05, 3.63) is 29.8 Å². The monoisotopic (exact) mass is 236 g/mol. The van der Waals surface area contributed by atoms with Gasteiger partial charge in [0.15, 0.2) is 0 Å². The molecule has 0 fully saturated rings. The van der Waals surface area contributed by atoms with Gasteiger partial charge in [-0.2, -0.15) is 0 Å². The molecule has 1 aromatic carbocycles. The average Bonchev–Trinajstić information content (AvgIpc) is 2.30. The van der Waals surface area contributed by atoms with Gasteiger partial charge in [0.05, 0.1) is 5.56 Å². The predicted molar refractivity (Wildman–Crippen MR) is 59.0 cm³/mol. The molecule has 0 saturated carbocycles. The van der Waals surface area contributed by atoms with E-state index in [1.54, 1.807) is 0 Å². The minimum atomic E-state index is -1.03. The van der Waals surface area contributed by atoms with Crippen molar-refractivity contribution in [2.24, 2.45) is 0 Å². The van der Waals surface area contributed by atoms with Crippen LogP contribution < -0.4 is 4.74 Å². The molecule has 0 saturated heterocycles. The van der Waals surface area contributed by atoms with E-state index in [9.17, 15) is 14.4 Å². The number of ether oxygens (including phenoxy) is 1. The minimum absolute atomic E-state index is 0.130. The number of esters is 1. The van der Waals surface area contributed by atoms with Crippen molar-refractivity contribution in [1.82, 2.24) is 0 Å². The van der Waals surface area contributed by atoms with Crippen molar-refractivity contribution in [3.63, 3.8) is 0 Å². The molecule has 0 bridgehead atoms. The summed E-state index contributed by atoms with van der Waals surface area (Å²) in [5, 5.41) is 8.66. The molecule has 0 radical (unpaired) electrons. The molecule has 0 aliphatic rings. The van der Waals surface area contributed by atoms with Crippen LogP contribution in [0.5, 0.6) is 5.75 Å². The highest BCUT2D eigenvalue weighted by atomic mass is 16.5. The Bertz CT molecular complexity index is 407. The lowest BCUT2D eigenvalue weighted by Gasteiger charge is -2.03. The Hall–Kier alpha value is -2.17. The van der Waals surface area contributed by atoms with Crippen LogP contribution in [0, 0.1) is 0 Å². The third kappa shape index (κ3) is 4.46. The first-order valence-corrected chi connectivity index (χ1v) is 5.11. The second kappa shape index (κ2) is 6.42. The number of aromatic carboxylic acids is 1. The van der Waals surface area contributed by atoms with E-state index in [4.69, 9.17) is 9.84 Å². The molecule has 0 aliphatic carbocycles. The molecule has 1 rings (SSSR count). The van der Waals surface area contributed by atoms with Gasteiger partial charge >= 0.3 is 11.9 Å². The van der Waals surface area contributed by atoms with Gasteiger partial charge in [-0.05, 0) is 30.7 Å². The van der Waals surface area contributed by atoms with Gasteiger partial charge in [0.25, 0.3) is 0 Å². The summed E-state index contributed by atoms with van der Waals surface area (Å²) in [6, 6.07) is 5.55. The lowest BCUT2D eigenvalue weighted by Crippen LogP contribution is -2.07. The van der Waals surface area contributed by atoms with Crippen LogP contribution >= 0.6 is 0 Å². The van der Waals surface area contributed by atoms with Crippen LogP contribution in [0.15, 0.2) is 24.3 Å². The van der Waals surface area contributed by atoms with Gasteiger partial charge in [-0.1, -0.05) is 0 Å². The van der Waals surface area contributed by atoms with Crippen LogP contribution in [-0.2, 0) is 9.59 Å². The second-order valence-corrected chi connectivity index (χ2v) is 3.36. The van der Waals surface area contributed by atoms with Crippen molar-refractivity contribution in [1.29, 1.82) is 0 Å². The maximum Gasteiger partial charge on any atom is 0.335 e. The van der Waals surface area contributed by atoms with E-state index in [1.807, 2.05) is 0 Å². The largest absolute Gasteiger partial charge is 0.478 e. The van der Waals surface area contributed by atoms with Crippen molar-refractivity contribution in [2.45, 2.75) is 19.3 Å². The second-order valence-electron chi connectivity index (χ2n) is 3.36. The Morgan fingerprint density at radius 3 is 2.41 bits per heavy atom. The Labute approximate surface area is 98.0 Å². The fourth-order valence-electron chi connectivity index (χ4n) is 1.18. The van der Waals surface area contributed by atoms with Gasteiger partial charge in [-0.3, -0.25) is 4.79 Å². The lowest BCUT2D eigenvalue weighted by molar-refractivity contribution is -0.134. The number of rotatable bonds is 6. The summed E-state index contributed by atoms with van der Waals surface area (Å²) < 4.78 is 4.95. The average molecular weight is 236 g/mol.